The number of nitrogens with zero attached hydrogens (tertiary/aromatic N) is 3. The van der Waals surface area contributed by atoms with Crippen LogP contribution in [0.15, 0.2) is 39.6 Å². The lowest BCUT2D eigenvalue weighted by molar-refractivity contribution is -0.111. The zero-order valence-electron chi connectivity index (χ0n) is 9.27. The summed E-state index contributed by atoms with van der Waals surface area (Å²) in [5, 5.41) is 5.43. The van der Waals surface area contributed by atoms with Gasteiger partial charge in [0.2, 0.25) is 0 Å². The highest BCUT2D eigenvalue weighted by Crippen LogP contribution is 2.30. The van der Waals surface area contributed by atoms with Gasteiger partial charge in [0.25, 0.3) is 9.58 Å². The van der Waals surface area contributed by atoms with E-state index in [0.717, 1.165) is 5.56 Å². The number of aryl methyl sites for hydroxylation is 1. The largest absolute Gasteiger partial charge is 0.305 e. The Morgan fingerprint density at radius 2 is 1.94 bits per heavy atom. The van der Waals surface area contributed by atoms with Crippen LogP contribution in [0.1, 0.15) is 5.56 Å². The first-order chi connectivity index (χ1) is 8.39. The fraction of sp³-hybridized carbons (Fsp3) is 0.200. The molecule has 0 bridgehead atoms. The Balaban J connectivity index is 3.30. The number of nitrogens with two attached hydrogens (primary N) is 1. The van der Waals surface area contributed by atoms with Crippen molar-refractivity contribution in [3.05, 3.63) is 29.8 Å². The summed E-state index contributed by atoms with van der Waals surface area (Å²) in [6.07, 6.45) is 0. The zero-order valence-corrected chi connectivity index (χ0v) is 11.5. The molecule has 1 aromatic rings. The summed E-state index contributed by atoms with van der Waals surface area (Å²) in [5.41, 5.74) is 1.37. The number of carbonyl (C=O) groups excluding carboxylic acids is 1. The Kier molecular flexibility index (Phi) is 5.07. The maximum Gasteiger partial charge on any atom is 0.265 e. The average Bonchev–Trinajstić information content (AvgIpc) is 2.31. The minimum Gasteiger partial charge on any atom is -0.305 e. The second-order valence-corrected chi connectivity index (χ2v) is 4.96. The van der Waals surface area contributed by atoms with Gasteiger partial charge in [-0.05, 0) is 30.2 Å². The number of halogens is 3. The van der Waals surface area contributed by atoms with Crippen LogP contribution in [0.3, 0.4) is 0 Å². The lowest BCUT2D eigenvalue weighted by Gasteiger charge is -2.13. The second kappa shape index (κ2) is 6.13. The standard InChI is InChI=1S/C10H9Cl3N4O/c1-6-4-2-3-5-7(6)15-9(16-17-14)10(12,13)8(11)18/h2-5H,1H3,(H2,14,15,16). The molecule has 0 aliphatic carbocycles. The monoisotopic (exact) mass is 306 g/mol. The number of hydrogen-bond acceptors (Lipinski definition) is 3. The third-order valence-electron chi connectivity index (χ3n) is 2.02. The summed E-state index contributed by atoms with van der Waals surface area (Å²) in [7, 11) is 0. The van der Waals surface area contributed by atoms with Gasteiger partial charge in [0, 0.05) is 0 Å². The molecule has 96 valence electrons. The Morgan fingerprint density at radius 3 is 2.44 bits per heavy atom. The van der Waals surface area contributed by atoms with Gasteiger partial charge in [0.15, 0.2) is 5.84 Å². The van der Waals surface area contributed by atoms with E-state index in [4.69, 9.17) is 40.6 Å². The van der Waals surface area contributed by atoms with Crippen molar-refractivity contribution in [3.63, 3.8) is 0 Å². The molecule has 0 saturated carbocycles. The van der Waals surface area contributed by atoms with E-state index in [9.17, 15) is 4.79 Å². The fourth-order valence-corrected chi connectivity index (χ4v) is 1.35. The predicted octanol–water partition coefficient (Wildman–Crippen LogP) is 3.29. The third kappa shape index (κ3) is 3.41. The summed E-state index contributed by atoms with van der Waals surface area (Å²) in [4.78, 5) is 15.2. The van der Waals surface area contributed by atoms with E-state index < -0.39 is 9.58 Å². The van der Waals surface area contributed by atoms with Crippen LogP contribution in [0.5, 0.6) is 0 Å². The summed E-state index contributed by atoms with van der Waals surface area (Å²) in [5.74, 6) is 4.63. The Labute approximate surface area is 119 Å². The van der Waals surface area contributed by atoms with Gasteiger partial charge in [-0.1, -0.05) is 46.6 Å². The van der Waals surface area contributed by atoms with Gasteiger partial charge in [0.05, 0.1) is 5.69 Å². The number of carbonyl (C=O) groups is 1. The predicted molar refractivity (Wildman–Crippen MR) is 72.6 cm³/mol. The van der Waals surface area contributed by atoms with Crippen LogP contribution in [0, 0.1) is 6.92 Å². The zero-order chi connectivity index (χ0) is 13.8. The van der Waals surface area contributed by atoms with Gasteiger partial charge >= 0.3 is 0 Å². The molecule has 8 heteroatoms. The van der Waals surface area contributed by atoms with Gasteiger partial charge in [0.1, 0.15) is 0 Å². The van der Waals surface area contributed by atoms with Crippen LogP contribution >= 0.6 is 34.8 Å². The molecule has 18 heavy (non-hydrogen) atoms. The Bertz CT molecular complexity index is 514. The first-order valence-corrected chi connectivity index (χ1v) is 5.86. The molecule has 0 aliphatic rings. The molecule has 0 spiro atoms. The molecule has 0 aromatic heterocycles. The van der Waals surface area contributed by atoms with Crippen LogP contribution < -0.4 is 5.84 Å². The number of hydrogen-bond donors (Lipinski definition) is 1. The molecule has 0 radical (unpaired) electrons. The molecular weight excluding hydrogens is 298 g/mol. The van der Waals surface area contributed by atoms with E-state index in [-0.39, 0.29) is 5.84 Å². The van der Waals surface area contributed by atoms with Crippen molar-refractivity contribution in [2.45, 2.75) is 11.3 Å². The highest BCUT2D eigenvalue weighted by molar-refractivity contribution is 6.84. The maximum absolute atomic E-state index is 11.1. The minimum atomic E-state index is -2.10. The van der Waals surface area contributed by atoms with Crippen molar-refractivity contribution in [3.8, 4) is 0 Å². The van der Waals surface area contributed by atoms with Crippen molar-refractivity contribution in [2.75, 3.05) is 0 Å². The fourth-order valence-electron chi connectivity index (χ4n) is 1.10. The lowest BCUT2D eigenvalue weighted by Crippen LogP contribution is -2.31. The van der Waals surface area contributed by atoms with Gasteiger partial charge in [-0.25, -0.2) is 4.99 Å². The topological polar surface area (TPSA) is 80.2 Å². The van der Waals surface area contributed by atoms with Crippen LogP contribution in [0.4, 0.5) is 5.69 Å². The van der Waals surface area contributed by atoms with Gasteiger partial charge in [-0.2, -0.15) is 0 Å². The number of amidine groups is 1. The van der Waals surface area contributed by atoms with Crippen molar-refractivity contribution in [2.24, 2.45) is 21.2 Å². The average molecular weight is 308 g/mol. The van der Waals surface area contributed by atoms with E-state index in [0.29, 0.717) is 5.69 Å². The van der Waals surface area contributed by atoms with Gasteiger partial charge in [-0.15, -0.1) is 5.11 Å². The Morgan fingerprint density at radius 1 is 1.33 bits per heavy atom. The summed E-state index contributed by atoms with van der Waals surface area (Å²) in [6, 6.07) is 7.11. The minimum absolute atomic E-state index is 0.289. The first kappa shape index (κ1) is 14.9. The summed E-state index contributed by atoms with van der Waals surface area (Å²) < 4.78 is -2.10. The highest BCUT2D eigenvalue weighted by atomic mass is 35.5. The molecule has 2 N–H and O–H groups in total. The van der Waals surface area contributed by atoms with E-state index in [1.165, 1.54) is 0 Å². The number of rotatable bonds is 3. The molecule has 5 nitrogen and oxygen atoms in total. The molecular formula is C10H9Cl3N4O. The van der Waals surface area contributed by atoms with E-state index in [1.807, 2.05) is 19.1 Å². The van der Waals surface area contributed by atoms with Crippen LogP contribution in [0.25, 0.3) is 0 Å². The van der Waals surface area contributed by atoms with Crippen molar-refractivity contribution in [1.82, 2.24) is 0 Å². The molecule has 0 fully saturated rings. The van der Waals surface area contributed by atoms with Crippen molar-refractivity contribution < 1.29 is 4.79 Å². The highest BCUT2D eigenvalue weighted by Gasteiger charge is 2.39. The van der Waals surface area contributed by atoms with E-state index in [2.05, 4.69) is 15.3 Å². The smallest absolute Gasteiger partial charge is 0.265 e. The normalized spacial score (nSPS) is 13.0. The maximum atomic E-state index is 11.1. The summed E-state index contributed by atoms with van der Waals surface area (Å²) >= 11 is 16.8. The summed E-state index contributed by atoms with van der Waals surface area (Å²) in [6.45, 7) is 1.82. The van der Waals surface area contributed by atoms with Crippen LogP contribution in [-0.4, -0.2) is 15.4 Å². The quantitative estimate of drug-likeness (QED) is 0.177. The van der Waals surface area contributed by atoms with E-state index in [1.54, 1.807) is 12.1 Å². The molecule has 1 rings (SSSR count). The molecule has 0 unspecified atom stereocenters. The molecule has 0 saturated heterocycles. The SMILES string of the molecule is Cc1ccccc1N=C(N=NN)C(Cl)(Cl)C(=O)Cl. The van der Waals surface area contributed by atoms with E-state index >= 15 is 0 Å². The molecule has 0 aliphatic heterocycles. The van der Waals surface area contributed by atoms with Crippen molar-refractivity contribution >= 4 is 51.6 Å². The lowest BCUT2D eigenvalue weighted by atomic mass is 10.2. The molecule has 1 aromatic carbocycles. The van der Waals surface area contributed by atoms with Crippen LogP contribution in [-0.2, 0) is 4.79 Å². The first-order valence-electron chi connectivity index (χ1n) is 4.73. The third-order valence-corrected chi connectivity index (χ3v) is 3.18. The Hall–Kier alpha value is -1.17. The van der Waals surface area contributed by atoms with Gasteiger partial charge < -0.3 is 5.84 Å². The second-order valence-electron chi connectivity index (χ2n) is 3.29. The number of benzene rings is 1. The molecule has 0 heterocycles. The molecule has 0 atom stereocenters. The number of alkyl halides is 2. The van der Waals surface area contributed by atoms with Crippen LogP contribution in [0.2, 0.25) is 0 Å². The number of para-hydroxylation sites is 1. The molecule has 0 amide bonds. The van der Waals surface area contributed by atoms with Gasteiger partial charge in [-0.3, -0.25) is 4.79 Å². The van der Waals surface area contributed by atoms with Crippen molar-refractivity contribution in [1.29, 1.82) is 0 Å². The number of aliphatic imine (C=N–C) groups is 1.